The Labute approximate surface area is 111 Å². The molecule has 3 aliphatic rings. The summed E-state index contributed by atoms with van der Waals surface area (Å²) in [5, 5.41) is 13.4. The first-order valence-corrected chi connectivity index (χ1v) is 7.63. The third-order valence-electron chi connectivity index (χ3n) is 4.96. The van der Waals surface area contributed by atoms with E-state index >= 15 is 0 Å². The van der Waals surface area contributed by atoms with Crippen molar-refractivity contribution >= 4 is 0 Å². The van der Waals surface area contributed by atoms with Crippen LogP contribution in [-0.2, 0) is 0 Å². The summed E-state index contributed by atoms with van der Waals surface area (Å²) in [6.07, 6.45) is 10.4. The number of hydrogen-bond acceptors (Lipinski definition) is 3. The summed E-state index contributed by atoms with van der Waals surface area (Å²) in [6.45, 7) is 0.926. The Balaban J connectivity index is 1.65. The zero-order valence-electron chi connectivity index (χ0n) is 11.5. The highest BCUT2D eigenvalue weighted by Gasteiger charge is 2.49. The standard InChI is InChI=1S/C15H25N3/c1-18(14-4-2-3-5-14)11-15(10-16,12-6-7-12)17-13-8-9-13/h12-14,17H,2-9,11H2,1H3. The fourth-order valence-electron chi connectivity index (χ4n) is 3.49. The van der Waals surface area contributed by atoms with E-state index in [0.717, 1.165) is 12.6 Å². The van der Waals surface area contributed by atoms with Crippen LogP contribution in [0.25, 0.3) is 0 Å². The molecular formula is C15H25N3. The van der Waals surface area contributed by atoms with Crippen LogP contribution in [0, 0.1) is 17.2 Å². The van der Waals surface area contributed by atoms with E-state index in [1.807, 2.05) is 0 Å². The Hall–Kier alpha value is -0.590. The second kappa shape index (κ2) is 4.83. The van der Waals surface area contributed by atoms with E-state index in [2.05, 4.69) is 23.3 Å². The quantitative estimate of drug-likeness (QED) is 0.782. The molecule has 0 aromatic carbocycles. The van der Waals surface area contributed by atoms with Crippen molar-refractivity contribution in [2.45, 2.75) is 69.0 Å². The molecule has 3 rings (SSSR count). The number of likely N-dealkylation sites (N-methyl/N-ethyl adjacent to an activating group) is 1. The number of nitrogens with one attached hydrogen (secondary N) is 1. The second-order valence-electron chi connectivity index (χ2n) is 6.63. The van der Waals surface area contributed by atoms with Gasteiger partial charge in [-0.05, 0) is 51.5 Å². The van der Waals surface area contributed by atoms with Crippen LogP contribution in [0.2, 0.25) is 0 Å². The SMILES string of the molecule is CN(CC(C#N)(NC1CC1)C1CC1)C1CCCC1. The maximum Gasteiger partial charge on any atom is 0.122 e. The first-order chi connectivity index (χ1) is 8.73. The predicted octanol–water partition coefficient (Wildman–Crippen LogP) is 2.29. The van der Waals surface area contributed by atoms with Gasteiger partial charge in [0.2, 0.25) is 0 Å². The molecule has 3 nitrogen and oxygen atoms in total. The molecule has 0 aliphatic heterocycles. The molecule has 3 aliphatic carbocycles. The van der Waals surface area contributed by atoms with E-state index in [-0.39, 0.29) is 5.54 Å². The van der Waals surface area contributed by atoms with Gasteiger partial charge in [-0.25, -0.2) is 0 Å². The molecule has 18 heavy (non-hydrogen) atoms. The third-order valence-corrected chi connectivity index (χ3v) is 4.96. The number of hydrogen-bond donors (Lipinski definition) is 1. The predicted molar refractivity (Wildman–Crippen MR) is 72.1 cm³/mol. The maximum absolute atomic E-state index is 9.72. The van der Waals surface area contributed by atoms with Crippen LogP contribution in [0.3, 0.4) is 0 Å². The van der Waals surface area contributed by atoms with Gasteiger partial charge in [-0.1, -0.05) is 12.8 Å². The van der Waals surface area contributed by atoms with Crippen LogP contribution in [0.1, 0.15) is 51.4 Å². The maximum atomic E-state index is 9.72. The average Bonchev–Trinajstić information content (AvgIpc) is 3.29. The summed E-state index contributed by atoms with van der Waals surface area (Å²) in [5.41, 5.74) is -0.251. The van der Waals surface area contributed by atoms with Crippen LogP contribution >= 0.6 is 0 Å². The lowest BCUT2D eigenvalue weighted by molar-refractivity contribution is 0.177. The Kier molecular flexibility index (Phi) is 3.34. The van der Waals surface area contributed by atoms with Gasteiger partial charge in [0.25, 0.3) is 0 Å². The topological polar surface area (TPSA) is 39.1 Å². The van der Waals surface area contributed by atoms with Crippen molar-refractivity contribution in [3.8, 4) is 6.07 Å². The molecule has 0 saturated heterocycles. The van der Waals surface area contributed by atoms with Crippen molar-refractivity contribution < 1.29 is 0 Å². The van der Waals surface area contributed by atoms with E-state index in [9.17, 15) is 5.26 Å². The average molecular weight is 247 g/mol. The zero-order valence-corrected chi connectivity index (χ0v) is 11.5. The first-order valence-electron chi connectivity index (χ1n) is 7.63. The minimum Gasteiger partial charge on any atom is -0.301 e. The van der Waals surface area contributed by atoms with Crippen LogP contribution in [0.5, 0.6) is 0 Å². The highest BCUT2D eigenvalue weighted by atomic mass is 15.2. The Bertz CT molecular complexity index is 334. The van der Waals surface area contributed by atoms with Crippen molar-refractivity contribution in [2.75, 3.05) is 13.6 Å². The lowest BCUT2D eigenvalue weighted by atomic mass is 9.93. The van der Waals surface area contributed by atoms with E-state index in [4.69, 9.17) is 0 Å². The number of nitriles is 1. The molecule has 3 fully saturated rings. The fourth-order valence-corrected chi connectivity index (χ4v) is 3.49. The minimum atomic E-state index is -0.251. The Morgan fingerprint density at radius 2 is 1.83 bits per heavy atom. The van der Waals surface area contributed by atoms with Gasteiger partial charge < -0.3 is 4.90 Å². The molecule has 0 amide bonds. The zero-order chi connectivity index (χ0) is 12.6. The van der Waals surface area contributed by atoms with Crippen molar-refractivity contribution in [3.05, 3.63) is 0 Å². The van der Waals surface area contributed by atoms with Crippen molar-refractivity contribution in [3.63, 3.8) is 0 Å². The normalized spacial score (nSPS) is 28.3. The molecular weight excluding hydrogens is 222 g/mol. The van der Waals surface area contributed by atoms with Crippen LogP contribution in [0.4, 0.5) is 0 Å². The molecule has 1 N–H and O–H groups in total. The van der Waals surface area contributed by atoms with E-state index in [1.54, 1.807) is 0 Å². The Morgan fingerprint density at radius 1 is 1.17 bits per heavy atom. The van der Waals surface area contributed by atoms with Crippen molar-refractivity contribution in [1.82, 2.24) is 10.2 Å². The van der Waals surface area contributed by atoms with Crippen LogP contribution in [0.15, 0.2) is 0 Å². The summed E-state index contributed by atoms with van der Waals surface area (Å²) >= 11 is 0. The molecule has 0 radical (unpaired) electrons. The molecule has 100 valence electrons. The summed E-state index contributed by atoms with van der Waals surface area (Å²) in [4.78, 5) is 2.46. The summed E-state index contributed by atoms with van der Waals surface area (Å²) < 4.78 is 0. The number of rotatable bonds is 6. The monoisotopic (exact) mass is 247 g/mol. The van der Waals surface area contributed by atoms with Crippen LogP contribution < -0.4 is 5.32 Å². The largest absolute Gasteiger partial charge is 0.301 e. The lowest BCUT2D eigenvalue weighted by Gasteiger charge is -2.35. The van der Waals surface area contributed by atoms with Crippen molar-refractivity contribution in [1.29, 1.82) is 5.26 Å². The smallest absolute Gasteiger partial charge is 0.122 e. The Morgan fingerprint density at radius 3 is 2.33 bits per heavy atom. The highest BCUT2D eigenvalue weighted by molar-refractivity contribution is 5.18. The van der Waals surface area contributed by atoms with Gasteiger partial charge in [0.05, 0.1) is 6.07 Å². The minimum absolute atomic E-state index is 0.251. The van der Waals surface area contributed by atoms with Gasteiger partial charge in [-0.2, -0.15) is 5.26 Å². The van der Waals surface area contributed by atoms with E-state index < -0.39 is 0 Å². The number of nitrogens with zero attached hydrogens (tertiary/aromatic N) is 2. The fraction of sp³-hybridized carbons (Fsp3) is 0.933. The van der Waals surface area contributed by atoms with E-state index in [0.29, 0.717) is 12.0 Å². The molecule has 1 atom stereocenters. The van der Waals surface area contributed by atoms with Gasteiger partial charge in [-0.3, -0.25) is 5.32 Å². The molecule has 0 heterocycles. The summed E-state index contributed by atoms with van der Waals surface area (Å²) in [7, 11) is 2.22. The van der Waals surface area contributed by atoms with E-state index in [1.165, 1.54) is 51.4 Å². The molecule has 1 unspecified atom stereocenters. The molecule has 0 bridgehead atoms. The molecule has 3 saturated carbocycles. The van der Waals surface area contributed by atoms with Gasteiger partial charge in [0.15, 0.2) is 0 Å². The third kappa shape index (κ3) is 2.55. The molecule has 0 aromatic heterocycles. The lowest BCUT2D eigenvalue weighted by Crippen LogP contribution is -2.56. The molecule has 0 aromatic rings. The first kappa shape index (κ1) is 12.4. The van der Waals surface area contributed by atoms with Gasteiger partial charge >= 0.3 is 0 Å². The molecule has 0 spiro atoms. The summed E-state index contributed by atoms with van der Waals surface area (Å²) in [6, 6.07) is 4.00. The van der Waals surface area contributed by atoms with Crippen LogP contribution in [-0.4, -0.2) is 36.1 Å². The van der Waals surface area contributed by atoms with Gasteiger partial charge in [0, 0.05) is 18.6 Å². The summed E-state index contributed by atoms with van der Waals surface area (Å²) in [5.74, 6) is 0.604. The molecule has 3 heteroatoms. The highest BCUT2D eigenvalue weighted by Crippen LogP contribution is 2.42. The van der Waals surface area contributed by atoms with Crippen molar-refractivity contribution in [2.24, 2.45) is 5.92 Å². The van der Waals surface area contributed by atoms with Gasteiger partial charge in [-0.15, -0.1) is 0 Å². The van der Waals surface area contributed by atoms with Gasteiger partial charge in [0.1, 0.15) is 5.54 Å². The second-order valence-corrected chi connectivity index (χ2v) is 6.63.